The van der Waals surface area contributed by atoms with E-state index in [1.54, 1.807) is 12.1 Å². The number of piperazine rings is 1. The average Bonchev–Trinajstić information content (AvgIpc) is 2.66. The monoisotopic (exact) mass is 466 g/mol. The van der Waals surface area contributed by atoms with Gasteiger partial charge in [0, 0.05) is 10.2 Å². The number of aryl methyl sites for hydroxylation is 2. The summed E-state index contributed by atoms with van der Waals surface area (Å²) in [5.41, 5.74) is 2.79. The van der Waals surface area contributed by atoms with Crippen LogP contribution in [-0.4, -0.2) is 51.4 Å². The van der Waals surface area contributed by atoms with Crippen LogP contribution in [0.25, 0.3) is 0 Å². The normalized spacial score (nSPS) is 16.1. The van der Waals surface area contributed by atoms with Gasteiger partial charge in [0.05, 0.1) is 31.1 Å². The van der Waals surface area contributed by atoms with Crippen LogP contribution in [0.15, 0.2) is 51.8 Å². The molecule has 0 unspecified atom stereocenters. The largest absolute Gasteiger partial charge is 0.325 e. The summed E-state index contributed by atoms with van der Waals surface area (Å²) in [5, 5.41) is 2.88. The smallest absolute Gasteiger partial charge is 0.279 e. The Morgan fingerprint density at radius 2 is 1.71 bits per heavy atom. The second kappa shape index (κ2) is 8.73. The first-order valence-electron chi connectivity index (χ1n) is 9.22. The molecule has 2 N–H and O–H groups in total. The van der Waals surface area contributed by atoms with E-state index in [2.05, 4.69) is 21.2 Å². The predicted octanol–water partition coefficient (Wildman–Crippen LogP) is 1.59. The number of benzene rings is 2. The van der Waals surface area contributed by atoms with Crippen LogP contribution in [-0.2, 0) is 14.8 Å². The molecule has 8 heteroatoms. The summed E-state index contributed by atoms with van der Waals surface area (Å²) in [4.78, 5) is 13.7. The maximum atomic E-state index is 12.9. The molecule has 0 saturated carbocycles. The van der Waals surface area contributed by atoms with Gasteiger partial charge in [-0.2, -0.15) is 4.31 Å². The third-order valence-corrected chi connectivity index (χ3v) is 7.51. The number of hydrogen-bond donors (Lipinski definition) is 2. The highest BCUT2D eigenvalue weighted by molar-refractivity contribution is 9.10. The van der Waals surface area contributed by atoms with Crippen molar-refractivity contribution in [2.75, 3.05) is 38.0 Å². The van der Waals surface area contributed by atoms with Gasteiger partial charge in [-0.05, 0) is 61.4 Å². The van der Waals surface area contributed by atoms with Crippen molar-refractivity contribution in [1.82, 2.24) is 4.31 Å². The van der Waals surface area contributed by atoms with Gasteiger partial charge in [0.25, 0.3) is 5.91 Å². The molecule has 0 aromatic heterocycles. The zero-order valence-electron chi connectivity index (χ0n) is 16.0. The van der Waals surface area contributed by atoms with Gasteiger partial charge in [-0.1, -0.05) is 22.0 Å². The molecule has 1 heterocycles. The Bertz CT molecular complexity index is 953. The van der Waals surface area contributed by atoms with Crippen molar-refractivity contribution >= 4 is 37.5 Å². The predicted molar refractivity (Wildman–Crippen MR) is 113 cm³/mol. The summed E-state index contributed by atoms with van der Waals surface area (Å²) in [7, 11) is -3.49. The number of sulfonamides is 1. The summed E-state index contributed by atoms with van der Waals surface area (Å²) in [5.74, 6) is -0.0669. The minimum atomic E-state index is -3.49. The fourth-order valence-corrected chi connectivity index (χ4v) is 5.00. The minimum Gasteiger partial charge on any atom is -0.325 e. The zero-order valence-corrected chi connectivity index (χ0v) is 18.4. The fourth-order valence-electron chi connectivity index (χ4n) is 3.21. The average molecular weight is 467 g/mol. The summed E-state index contributed by atoms with van der Waals surface area (Å²) in [6.45, 7) is 6.25. The molecular formula is C20H25BrN3O3S+. The minimum absolute atomic E-state index is 0.0669. The third kappa shape index (κ3) is 5.00. The number of quaternary nitrogens is 1. The number of hydrogen-bond acceptors (Lipinski definition) is 3. The number of rotatable bonds is 5. The van der Waals surface area contributed by atoms with Crippen molar-refractivity contribution in [2.24, 2.45) is 0 Å². The molecule has 1 amide bonds. The van der Waals surface area contributed by atoms with Crippen molar-refractivity contribution < 1.29 is 18.1 Å². The van der Waals surface area contributed by atoms with Crippen LogP contribution in [0.2, 0.25) is 0 Å². The summed E-state index contributed by atoms with van der Waals surface area (Å²) >= 11 is 3.37. The van der Waals surface area contributed by atoms with E-state index in [0.29, 0.717) is 37.6 Å². The summed E-state index contributed by atoms with van der Waals surface area (Å²) in [6.07, 6.45) is 0. The molecule has 0 radical (unpaired) electrons. The molecule has 0 atom stereocenters. The highest BCUT2D eigenvalue weighted by atomic mass is 79.9. The van der Waals surface area contributed by atoms with Gasteiger partial charge in [-0.15, -0.1) is 0 Å². The molecule has 3 rings (SSSR count). The van der Waals surface area contributed by atoms with Crippen LogP contribution in [0.1, 0.15) is 11.1 Å². The Kier molecular flexibility index (Phi) is 6.54. The van der Waals surface area contributed by atoms with Gasteiger partial charge in [0.1, 0.15) is 0 Å². The van der Waals surface area contributed by atoms with E-state index in [-0.39, 0.29) is 5.91 Å². The maximum absolute atomic E-state index is 12.9. The fraction of sp³-hybridized carbons (Fsp3) is 0.350. The van der Waals surface area contributed by atoms with Crippen LogP contribution >= 0.6 is 15.9 Å². The lowest BCUT2D eigenvalue weighted by molar-refractivity contribution is -0.895. The first-order chi connectivity index (χ1) is 13.3. The van der Waals surface area contributed by atoms with Crippen LogP contribution in [0, 0.1) is 13.8 Å². The van der Waals surface area contributed by atoms with E-state index in [4.69, 9.17) is 0 Å². The lowest BCUT2D eigenvalue weighted by Crippen LogP contribution is -3.15. The van der Waals surface area contributed by atoms with Crippen molar-refractivity contribution in [2.45, 2.75) is 18.7 Å². The van der Waals surface area contributed by atoms with Crippen LogP contribution in [0.3, 0.4) is 0 Å². The summed E-state index contributed by atoms with van der Waals surface area (Å²) < 4.78 is 28.2. The van der Waals surface area contributed by atoms with E-state index in [0.717, 1.165) is 26.2 Å². The number of amides is 1. The molecule has 0 aliphatic carbocycles. The number of carbonyl (C=O) groups is 1. The van der Waals surface area contributed by atoms with Gasteiger partial charge < -0.3 is 10.2 Å². The van der Waals surface area contributed by atoms with E-state index >= 15 is 0 Å². The van der Waals surface area contributed by atoms with Gasteiger partial charge in [0.2, 0.25) is 10.0 Å². The first-order valence-corrected chi connectivity index (χ1v) is 11.5. The second-order valence-corrected chi connectivity index (χ2v) is 9.99. The van der Waals surface area contributed by atoms with Crippen LogP contribution < -0.4 is 10.2 Å². The third-order valence-electron chi connectivity index (χ3n) is 5.08. The van der Waals surface area contributed by atoms with E-state index < -0.39 is 10.0 Å². The molecule has 1 aliphatic heterocycles. The topological polar surface area (TPSA) is 70.9 Å². The molecule has 1 saturated heterocycles. The molecule has 0 spiro atoms. The van der Waals surface area contributed by atoms with Crippen molar-refractivity contribution in [3.05, 3.63) is 58.1 Å². The first kappa shape index (κ1) is 21.0. The molecular weight excluding hydrogens is 442 g/mol. The Balaban J connectivity index is 1.55. The van der Waals surface area contributed by atoms with E-state index in [1.807, 2.05) is 44.2 Å². The van der Waals surface area contributed by atoms with E-state index in [9.17, 15) is 13.2 Å². The molecule has 1 fully saturated rings. The number of nitrogens with one attached hydrogen (secondary N) is 2. The Labute approximate surface area is 174 Å². The van der Waals surface area contributed by atoms with E-state index in [1.165, 1.54) is 4.31 Å². The number of anilines is 1. The van der Waals surface area contributed by atoms with Crippen molar-refractivity contribution in [3.63, 3.8) is 0 Å². The molecule has 2 aromatic rings. The number of halogens is 1. The van der Waals surface area contributed by atoms with Crippen molar-refractivity contribution in [3.8, 4) is 0 Å². The molecule has 150 valence electrons. The lowest BCUT2D eigenvalue weighted by atomic mass is 10.1. The standard InChI is InChI=1S/C20H24BrN3O3S/c1-15-3-8-19(13-16(15)2)28(26,27)24-11-9-23(10-12-24)14-20(25)22-18-6-4-17(21)5-7-18/h3-8,13H,9-12,14H2,1-2H3,(H,22,25)/p+1. The molecule has 1 aliphatic rings. The molecule has 6 nitrogen and oxygen atoms in total. The van der Waals surface area contributed by atoms with Crippen LogP contribution in [0.4, 0.5) is 5.69 Å². The Morgan fingerprint density at radius 3 is 2.32 bits per heavy atom. The Morgan fingerprint density at radius 1 is 1.07 bits per heavy atom. The number of carbonyl (C=O) groups excluding carboxylic acids is 1. The second-order valence-electron chi connectivity index (χ2n) is 7.13. The zero-order chi connectivity index (χ0) is 20.3. The van der Waals surface area contributed by atoms with Gasteiger partial charge in [-0.3, -0.25) is 4.79 Å². The molecule has 2 aromatic carbocycles. The van der Waals surface area contributed by atoms with Crippen LogP contribution in [0.5, 0.6) is 0 Å². The molecule has 0 bridgehead atoms. The van der Waals surface area contributed by atoms with Gasteiger partial charge in [-0.25, -0.2) is 8.42 Å². The Hall–Kier alpha value is -1.74. The van der Waals surface area contributed by atoms with Crippen molar-refractivity contribution in [1.29, 1.82) is 0 Å². The maximum Gasteiger partial charge on any atom is 0.279 e. The highest BCUT2D eigenvalue weighted by Gasteiger charge is 2.31. The summed E-state index contributed by atoms with van der Waals surface area (Å²) in [6, 6.07) is 12.7. The highest BCUT2D eigenvalue weighted by Crippen LogP contribution is 2.19. The van der Waals surface area contributed by atoms with Gasteiger partial charge in [0.15, 0.2) is 6.54 Å². The quantitative estimate of drug-likeness (QED) is 0.702. The SMILES string of the molecule is Cc1ccc(S(=O)(=O)N2CC[NH+](CC(=O)Nc3ccc(Br)cc3)CC2)cc1C. The number of nitrogens with zero attached hydrogens (tertiary/aromatic N) is 1. The lowest BCUT2D eigenvalue weighted by Gasteiger charge is -2.31. The molecule has 28 heavy (non-hydrogen) atoms. The van der Waals surface area contributed by atoms with Gasteiger partial charge >= 0.3 is 0 Å².